The number of hydrazine groups is 1. The van der Waals surface area contributed by atoms with Crippen LogP contribution in [0.2, 0.25) is 0 Å². The van der Waals surface area contributed by atoms with Crippen molar-refractivity contribution in [3.63, 3.8) is 0 Å². The number of carbonyl (C=O) groups excluding carboxylic acids is 1. The van der Waals surface area contributed by atoms with E-state index in [0.717, 1.165) is 30.9 Å². The maximum absolute atomic E-state index is 12.7. The van der Waals surface area contributed by atoms with Gasteiger partial charge >= 0.3 is 0 Å². The van der Waals surface area contributed by atoms with Gasteiger partial charge in [0.15, 0.2) is 0 Å². The molecule has 1 saturated carbocycles. The standard InChI is InChI=1S/C20H30N6O3/c27-20(19-16-11-15(26(28)29)6-7-17(16)23-24-19)22-13-14-5-8-18(21-12-14)25-9-3-1-2-4-10-25/h5,8,12,15-17,19,23-24H,1-4,6-7,9-11,13H2,(H,22,27). The molecule has 0 aromatic carbocycles. The third-order valence-corrected chi connectivity index (χ3v) is 6.51. The van der Waals surface area contributed by atoms with Gasteiger partial charge in [-0.1, -0.05) is 18.9 Å². The van der Waals surface area contributed by atoms with Gasteiger partial charge in [-0.15, -0.1) is 0 Å². The van der Waals surface area contributed by atoms with Crippen LogP contribution in [0.3, 0.4) is 0 Å². The topological polar surface area (TPSA) is 112 Å². The average molecular weight is 402 g/mol. The Morgan fingerprint density at radius 3 is 2.69 bits per heavy atom. The summed E-state index contributed by atoms with van der Waals surface area (Å²) in [7, 11) is 0. The molecule has 0 bridgehead atoms. The minimum Gasteiger partial charge on any atom is -0.357 e. The molecular weight excluding hydrogens is 372 g/mol. The van der Waals surface area contributed by atoms with Crippen molar-refractivity contribution in [2.45, 2.75) is 69.6 Å². The molecule has 3 heterocycles. The summed E-state index contributed by atoms with van der Waals surface area (Å²) in [6, 6.07) is 3.17. The van der Waals surface area contributed by atoms with Crippen LogP contribution in [0.5, 0.6) is 0 Å². The number of hydrogen-bond donors (Lipinski definition) is 3. The number of hydrogen-bond acceptors (Lipinski definition) is 7. The summed E-state index contributed by atoms with van der Waals surface area (Å²) in [5, 5.41) is 14.1. The molecule has 2 saturated heterocycles. The molecule has 1 aromatic heterocycles. The van der Waals surface area contributed by atoms with Gasteiger partial charge in [-0.3, -0.25) is 20.3 Å². The molecule has 9 nitrogen and oxygen atoms in total. The predicted molar refractivity (Wildman–Crippen MR) is 109 cm³/mol. The van der Waals surface area contributed by atoms with Crippen LogP contribution < -0.4 is 21.1 Å². The van der Waals surface area contributed by atoms with Gasteiger partial charge in [0.05, 0.1) is 0 Å². The molecule has 158 valence electrons. The minimum atomic E-state index is -0.552. The summed E-state index contributed by atoms with van der Waals surface area (Å²) in [4.78, 5) is 30.5. The first-order valence-corrected chi connectivity index (χ1v) is 10.7. The Kier molecular flexibility index (Phi) is 6.25. The van der Waals surface area contributed by atoms with E-state index in [9.17, 15) is 14.9 Å². The first-order chi connectivity index (χ1) is 14.1. The van der Waals surface area contributed by atoms with Gasteiger partial charge in [0.2, 0.25) is 11.9 Å². The molecule has 1 amide bonds. The van der Waals surface area contributed by atoms with E-state index in [0.29, 0.717) is 19.4 Å². The lowest BCUT2D eigenvalue weighted by molar-refractivity contribution is -0.528. The van der Waals surface area contributed by atoms with Gasteiger partial charge in [-0.2, -0.15) is 0 Å². The van der Waals surface area contributed by atoms with Crippen molar-refractivity contribution in [3.8, 4) is 0 Å². The Labute approximate surface area is 170 Å². The Balaban J connectivity index is 1.30. The fraction of sp³-hybridized carbons (Fsp3) is 0.700. The van der Waals surface area contributed by atoms with E-state index >= 15 is 0 Å². The minimum absolute atomic E-state index is 0.0531. The Bertz CT molecular complexity index is 719. The quantitative estimate of drug-likeness (QED) is 0.504. The van der Waals surface area contributed by atoms with Gasteiger partial charge in [-0.25, -0.2) is 10.4 Å². The predicted octanol–water partition coefficient (Wildman–Crippen LogP) is 1.37. The van der Waals surface area contributed by atoms with Crippen molar-refractivity contribution in [2.75, 3.05) is 18.0 Å². The van der Waals surface area contributed by atoms with Crippen molar-refractivity contribution in [2.24, 2.45) is 5.92 Å². The van der Waals surface area contributed by atoms with Crippen LogP contribution in [0, 0.1) is 16.0 Å². The summed E-state index contributed by atoms with van der Waals surface area (Å²) in [5.41, 5.74) is 7.14. The van der Waals surface area contributed by atoms with Gasteiger partial charge in [-0.05, 0) is 30.9 Å². The van der Waals surface area contributed by atoms with Crippen molar-refractivity contribution in [3.05, 3.63) is 34.0 Å². The number of amides is 1. The number of rotatable bonds is 5. The molecule has 3 aliphatic rings. The van der Waals surface area contributed by atoms with Gasteiger partial charge in [0, 0.05) is 55.6 Å². The molecule has 0 radical (unpaired) electrons. The molecular formula is C20H30N6O3. The highest BCUT2D eigenvalue weighted by atomic mass is 16.6. The number of anilines is 1. The summed E-state index contributed by atoms with van der Waals surface area (Å²) in [6.45, 7) is 2.51. The lowest BCUT2D eigenvalue weighted by atomic mass is 9.79. The van der Waals surface area contributed by atoms with E-state index in [4.69, 9.17) is 0 Å². The third-order valence-electron chi connectivity index (χ3n) is 6.51. The van der Waals surface area contributed by atoms with E-state index in [1.165, 1.54) is 25.7 Å². The largest absolute Gasteiger partial charge is 0.357 e. The van der Waals surface area contributed by atoms with Crippen molar-refractivity contribution in [1.82, 2.24) is 21.2 Å². The number of pyridine rings is 1. The molecule has 1 aliphatic carbocycles. The maximum Gasteiger partial charge on any atom is 0.239 e. The van der Waals surface area contributed by atoms with Crippen molar-refractivity contribution < 1.29 is 9.72 Å². The number of nitro groups is 1. The molecule has 3 fully saturated rings. The first kappa shape index (κ1) is 20.0. The average Bonchev–Trinajstić information content (AvgIpc) is 2.97. The van der Waals surface area contributed by atoms with E-state index < -0.39 is 12.1 Å². The summed E-state index contributed by atoms with van der Waals surface area (Å²) >= 11 is 0. The number of nitrogens with zero attached hydrogens (tertiary/aromatic N) is 3. The molecule has 2 aliphatic heterocycles. The van der Waals surface area contributed by atoms with Crippen LogP contribution >= 0.6 is 0 Å². The zero-order chi connectivity index (χ0) is 20.2. The Morgan fingerprint density at radius 1 is 1.21 bits per heavy atom. The maximum atomic E-state index is 12.7. The molecule has 9 heteroatoms. The zero-order valence-electron chi connectivity index (χ0n) is 16.7. The highest BCUT2D eigenvalue weighted by Crippen LogP contribution is 2.31. The normalized spacial score (nSPS) is 29.7. The van der Waals surface area contributed by atoms with Crippen molar-refractivity contribution in [1.29, 1.82) is 0 Å². The number of fused-ring (bicyclic) bond motifs is 1. The smallest absolute Gasteiger partial charge is 0.239 e. The highest BCUT2D eigenvalue weighted by molar-refractivity contribution is 5.82. The van der Waals surface area contributed by atoms with Crippen LogP contribution in [-0.2, 0) is 11.3 Å². The molecule has 29 heavy (non-hydrogen) atoms. The van der Waals surface area contributed by atoms with Crippen LogP contribution in [-0.4, -0.2) is 47.0 Å². The van der Waals surface area contributed by atoms with Gasteiger partial charge < -0.3 is 10.2 Å². The third kappa shape index (κ3) is 4.67. The summed E-state index contributed by atoms with van der Waals surface area (Å²) in [6.07, 6.45) is 8.53. The number of nitrogens with one attached hydrogen (secondary N) is 3. The zero-order valence-corrected chi connectivity index (χ0v) is 16.7. The summed E-state index contributed by atoms with van der Waals surface area (Å²) < 4.78 is 0. The SMILES string of the molecule is O=C(NCc1ccc(N2CCCCCC2)nc1)C1NNC2CCC([N+](=O)[O-])CC21. The van der Waals surface area contributed by atoms with Crippen molar-refractivity contribution >= 4 is 11.7 Å². The second-order valence-corrected chi connectivity index (χ2v) is 8.43. The number of aromatic nitrogens is 1. The molecule has 3 N–H and O–H groups in total. The van der Waals surface area contributed by atoms with E-state index in [1.807, 2.05) is 18.3 Å². The monoisotopic (exact) mass is 402 g/mol. The second kappa shape index (κ2) is 9.04. The van der Waals surface area contributed by atoms with E-state index in [1.54, 1.807) is 0 Å². The van der Waals surface area contributed by atoms with Gasteiger partial charge in [0.25, 0.3) is 0 Å². The van der Waals surface area contributed by atoms with Crippen LogP contribution in [0.25, 0.3) is 0 Å². The van der Waals surface area contributed by atoms with E-state index in [2.05, 4.69) is 26.1 Å². The van der Waals surface area contributed by atoms with Crippen LogP contribution in [0.1, 0.15) is 50.5 Å². The fourth-order valence-electron chi connectivity index (χ4n) is 4.79. The van der Waals surface area contributed by atoms with Crippen LogP contribution in [0.15, 0.2) is 18.3 Å². The summed E-state index contributed by atoms with van der Waals surface area (Å²) in [5.74, 6) is 0.827. The molecule has 4 atom stereocenters. The lowest BCUT2D eigenvalue weighted by Crippen LogP contribution is -2.46. The van der Waals surface area contributed by atoms with E-state index in [-0.39, 0.29) is 22.8 Å². The second-order valence-electron chi connectivity index (χ2n) is 8.43. The van der Waals surface area contributed by atoms with Crippen LogP contribution in [0.4, 0.5) is 5.82 Å². The number of carbonyl (C=O) groups is 1. The Hall–Kier alpha value is -2.26. The fourth-order valence-corrected chi connectivity index (χ4v) is 4.79. The molecule has 1 aromatic rings. The molecule has 4 unspecified atom stereocenters. The Morgan fingerprint density at radius 2 is 2.00 bits per heavy atom. The first-order valence-electron chi connectivity index (χ1n) is 10.7. The van der Waals surface area contributed by atoms with Gasteiger partial charge in [0.1, 0.15) is 11.9 Å². The lowest BCUT2D eigenvalue weighted by Gasteiger charge is -2.28. The highest BCUT2D eigenvalue weighted by Gasteiger charge is 2.46. The molecule has 4 rings (SSSR count). The molecule has 0 spiro atoms.